The smallest absolute Gasteiger partial charge is 0.184 e. The standard InChI is InChI=1S/C44H40ClN5O/c1-4-5-25-39-40(30(2)31(3)42(45)46-39)41(51)33-28-26-32(27-29-33)37-23-15-16-24-38(37)43-47-48-49-50(43)44(34-17-9-6-10-18-34,35-19-11-7-12-20-35)36-21-13-8-14-22-36/h6-24,26-29,41,51H,4-5,25H2,1-3H3. The van der Waals surface area contributed by atoms with Crippen molar-refractivity contribution < 1.29 is 5.11 Å². The van der Waals surface area contributed by atoms with Gasteiger partial charge < -0.3 is 5.11 Å². The fourth-order valence-corrected chi connectivity index (χ4v) is 7.40. The van der Waals surface area contributed by atoms with E-state index in [0.29, 0.717) is 11.0 Å². The van der Waals surface area contributed by atoms with Crippen LogP contribution < -0.4 is 0 Å². The monoisotopic (exact) mass is 689 g/mol. The number of benzene rings is 5. The molecular formula is C44H40ClN5O. The van der Waals surface area contributed by atoms with Gasteiger partial charge in [0.05, 0.1) is 0 Å². The van der Waals surface area contributed by atoms with Crippen molar-refractivity contribution in [1.82, 2.24) is 25.2 Å². The summed E-state index contributed by atoms with van der Waals surface area (Å²) in [5.74, 6) is 0.630. The largest absolute Gasteiger partial charge is 0.384 e. The highest BCUT2D eigenvalue weighted by atomic mass is 35.5. The van der Waals surface area contributed by atoms with Crippen molar-refractivity contribution in [3.05, 3.63) is 189 Å². The number of aromatic nitrogens is 5. The Balaban J connectivity index is 1.35. The minimum atomic E-state index is -0.873. The van der Waals surface area contributed by atoms with E-state index in [1.54, 1.807) is 0 Å². The molecular weight excluding hydrogens is 650 g/mol. The lowest BCUT2D eigenvalue weighted by Gasteiger charge is -2.36. The topological polar surface area (TPSA) is 76.7 Å². The maximum atomic E-state index is 11.8. The third-order valence-corrected chi connectivity index (χ3v) is 10.3. The highest BCUT2D eigenvalue weighted by Gasteiger charge is 2.42. The van der Waals surface area contributed by atoms with E-state index < -0.39 is 11.6 Å². The Morgan fingerprint density at radius 3 is 1.76 bits per heavy atom. The van der Waals surface area contributed by atoms with Crippen LogP contribution in [0.15, 0.2) is 140 Å². The normalized spacial score (nSPS) is 12.2. The summed E-state index contributed by atoms with van der Waals surface area (Å²) in [6, 6.07) is 47.5. The summed E-state index contributed by atoms with van der Waals surface area (Å²) in [6.07, 6.45) is 1.93. The van der Waals surface area contributed by atoms with E-state index >= 15 is 0 Å². The molecule has 7 aromatic rings. The van der Waals surface area contributed by atoms with Crippen LogP contribution in [0.2, 0.25) is 5.15 Å². The van der Waals surface area contributed by atoms with E-state index in [1.807, 2.05) is 61.0 Å². The summed E-state index contributed by atoms with van der Waals surface area (Å²) < 4.78 is 1.96. The number of aryl methyl sites for hydroxylation is 1. The molecule has 1 unspecified atom stereocenters. The first-order valence-corrected chi connectivity index (χ1v) is 17.8. The Labute approximate surface area is 304 Å². The number of rotatable bonds is 11. The average Bonchev–Trinajstić information content (AvgIpc) is 3.68. The van der Waals surface area contributed by atoms with Crippen molar-refractivity contribution in [2.24, 2.45) is 0 Å². The van der Waals surface area contributed by atoms with Gasteiger partial charge in [-0.25, -0.2) is 9.67 Å². The minimum Gasteiger partial charge on any atom is -0.384 e. The number of unbranched alkanes of at least 4 members (excludes halogenated alkanes) is 1. The molecule has 0 spiro atoms. The second kappa shape index (κ2) is 14.8. The van der Waals surface area contributed by atoms with Crippen LogP contribution in [0.25, 0.3) is 22.5 Å². The van der Waals surface area contributed by atoms with Gasteiger partial charge in [-0.2, -0.15) is 0 Å². The zero-order valence-electron chi connectivity index (χ0n) is 29.0. The zero-order valence-corrected chi connectivity index (χ0v) is 29.8. The van der Waals surface area contributed by atoms with Crippen molar-refractivity contribution >= 4 is 11.6 Å². The Morgan fingerprint density at radius 1 is 0.686 bits per heavy atom. The summed E-state index contributed by atoms with van der Waals surface area (Å²) >= 11 is 6.50. The summed E-state index contributed by atoms with van der Waals surface area (Å²) in [5, 5.41) is 26.0. The molecule has 0 amide bonds. The number of nitrogens with zero attached hydrogens (tertiary/aromatic N) is 5. The van der Waals surface area contributed by atoms with Gasteiger partial charge in [0.15, 0.2) is 5.82 Å². The molecule has 0 saturated heterocycles. The number of hydrogen-bond donors (Lipinski definition) is 1. The highest BCUT2D eigenvalue weighted by molar-refractivity contribution is 6.30. The Morgan fingerprint density at radius 2 is 1.22 bits per heavy atom. The molecule has 0 fully saturated rings. The van der Waals surface area contributed by atoms with Gasteiger partial charge in [-0.15, -0.1) is 5.10 Å². The van der Waals surface area contributed by atoms with Crippen molar-refractivity contribution in [3.63, 3.8) is 0 Å². The molecule has 1 atom stereocenters. The van der Waals surface area contributed by atoms with Gasteiger partial charge >= 0.3 is 0 Å². The van der Waals surface area contributed by atoms with E-state index in [4.69, 9.17) is 26.9 Å². The van der Waals surface area contributed by atoms with Crippen molar-refractivity contribution in [2.75, 3.05) is 0 Å². The molecule has 0 bridgehead atoms. The number of halogens is 1. The van der Waals surface area contributed by atoms with Crippen LogP contribution in [-0.2, 0) is 12.0 Å². The van der Waals surface area contributed by atoms with E-state index in [0.717, 1.165) is 80.6 Å². The molecule has 0 aliphatic heterocycles. The average molecular weight is 690 g/mol. The summed E-state index contributed by atoms with van der Waals surface area (Å²) in [7, 11) is 0. The van der Waals surface area contributed by atoms with Gasteiger partial charge in [-0.05, 0) is 81.6 Å². The van der Waals surface area contributed by atoms with Crippen LogP contribution in [0.3, 0.4) is 0 Å². The van der Waals surface area contributed by atoms with Crippen molar-refractivity contribution in [2.45, 2.75) is 51.7 Å². The second-order valence-corrected chi connectivity index (χ2v) is 13.3. The number of aliphatic hydroxyl groups excluding tert-OH is 1. The van der Waals surface area contributed by atoms with Gasteiger partial charge in [-0.1, -0.05) is 164 Å². The van der Waals surface area contributed by atoms with Crippen LogP contribution >= 0.6 is 11.6 Å². The quantitative estimate of drug-likeness (QED) is 0.108. The van der Waals surface area contributed by atoms with Gasteiger partial charge in [0, 0.05) is 16.8 Å². The molecule has 0 aliphatic carbocycles. The molecule has 51 heavy (non-hydrogen) atoms. The van der Waals surface area contributed by atoms with Crippen LogP contribution in [0, 0.1) is 13.8 Å². The van der Waals surface area contributed by atoms with Crippen LogP contribution in [-0.4, -0.2) is 30.3 Å². The van der Waals surface area contributed by atoms with Crippen molar-refractivity contribution in [1.29, 1.82) is 0 Å². The predicted molar refractivity (Wildman–Crippen MR) is 205 cm³/mol. The van der Waals surface area contributed by atoms with E-state index in [1.165, 1.54) is 0 Å². The molecule has 0 aliphatic rings. The third kappa shape index (κ3) is 6.26. The number of hydrogen-bond acceptors (Lipinski definition) is 5. The van der Waals surface area contributed by atoms with Gasteiger partial charge in [0.2, 0.25) is 0 Å². The molecule has 2 aromatic heterocycles. The molecule has 6 nitrogen and oxygen atoms in total. The van der Waals surface area contributed by atoms with E-state index in [-0.39, 0.29) is 0 Å². The maximum Gasteiger partial charge on any atom is 0.184 e. The molecule has 1 N–H and O–H groups in total. The second-order valence-electron chi connectivity index (χ2n) is 12.9. The first-order chi connectivity index (χ1) is 24.9. The van der Waals surface area contributed by atoms with Crippen LogP contribution in [0.4, 0.5) is 0 Å². The lowest BCUT2D eigenvalue weighted by atomic mass is 9.77. The first-order valence-electron chi connectivity index (χ1n) is 17.4. The van der Waals surface area contributed by atoms with E-state index in [9.17, 15) is 5.11 Å². The zero-order chi connectivity index (χ0) is 35.4. The number of aliphatic hydroxyl groups is 1. The first kappa shape index (κ1) is 34.0. The minimum absolute atomic E-state index is 0.500. The van der Waals surface area contributed by atoms with E-state index in [2.05, 4.69) is 109 Å². The fraction of sp³-hybridized carbons (Fsp3) is 0.182. The lowest BCUT2D eigenvalue weighted by molar-refractivity contribution is 0.217. The Hall–Kier alpha value is -5.43. The van der Waals surface area contributed by atoms with Gasteiger partial charge in [-0.3, -0.25) is 0 Å². The van der Waals surface area contributed by atoms with Crippen molar-refractivity contribution in [3.8, 4) is 22.5 Å². The maximum absolute atomic E-state index is 11.8. The highest BCUT2D eigenvalue weighted by Crippen LogP contribution is 2.43. The summed E-state index contributed by atoms with van der Waals surface area (Å²) in [5.41, 5.74) is 9.44. The summed E-state index contributed by atoms with van der Waals surface area (Å²) in [4.78, 5) is 4.70. The van der Waals surface area contributed by atoms with Gasteiger partial charge in [0.25, 0.3) is 0 Å². The molecule has 2 heterocycles. The van der Waals surface area contributed by atoms with Gasteiger partial charge in [0.1, 0.15) is 16.8 Å². The van der Waals surface area contributed by atoms with Crippen LogP contribution in [0.1, 0.15) is 70.5 Å². The molecule has 0 radical (unpaired) electrons. The number of pyridine rings is 1. The summed E-state index contributed by atoms with van der Waals surface area (Å²) in [6.45, 7) is 6.13. The molecule has 7 rings (SSSR count). The molecule has 5 aromatic carbocycles. The predicted octanol–water partition coefficient (Wildman–Crippen LogP) is 9.94. The lowest BCUT2D eigenvalue weighted by Crippen LogP contribution is -2.39. The molecule has 7 heteroatoms. The third-order valence-electron chi connectivity index (χ3n) is 9.93. The molecule has 254 valence electrons. The fourth-order valence-electron chi connectivity index (χ4n) is 7.16. The Bertz CT molecular complexity index is 2140. The SMILES string of the molecule is CCCCc1nc(Cl)c(C)c(C)c1C(O)c1ccc(-c2ccccc2-c2nnnn2C(c2ccccc2)(c2ccccc2)c2ccccc2)cc1. The Kier molecular flexibility index (Phi) is 9.89. The molecule has 0 saturated carbocycles. The van der Waals surface area contributed by atoms with Crippen LogP contribution in [0.5, 0.6) is 0 Å². The number of tetrazole rings is 1.